The van der Waals surface area contributed by atoms with Crippen molar-refractivity contribution < 1.29 is 5.32 Å². The molecule has 0 saturated carbocycles. The van der Waals surface area contributed by atoms with Crippen LogP contribution in [0, 0.1) is 0 Å². The SMILES string of the molecule is CCC(N)CCC[NH2+]CCNN. The van der Waals surface area contributed by atoms with Gasteiger partial charge in [0.1, 0.15) is 0 Å². The highest BCUT2D eigenvalue weighted by Crippen LogP contribution is 1.94. The van der Waals surface area contributed by atoms with Gasteiger partial charge >= 0.3 is 0 Å². The van der Waals surface area contributed by atoms with Gasteiger partial charge < -0.3 is 11.1 Å². The van der Waals surface area contributed by atoms with Gasteiger partial charge in [-0.15, -0.1) is 0 Å². The maximum Gasteiger partial charge on any atom is 0.0896 e. The van der Waals surface area contributed by atoms with Crippen LogP contribution in [0.25, 0.3) is 0 Å². The Labute approximate surface area is 75.0 Å². The molecule has 0 aromatic rings. The Morgan fingerprint density at radius 3 is 2.75 bits per heavy atom. The van der Waals surface area contributed by atoms with E-state index in [9.17, 15) is 0 Å². The first-order valence-electron chi connectivity index (χ1n) is 4.82. The summed E-state index contributed by atoms with van der Waals surface area (Å²) in [6.07, 6.45) is 3.44. The molecule has 0 saturated heterocycles. The summed E-state index contributed by atoms with van der Waals surface area (Å²) in [5.74, 6) is 5.12. The van der Waals surface area contributed by atoms with Crippen molar-refractivity contribution >= 4 is 0 Å². The molecule has 0 rings (SSSR count). The molecule has 0 bridgehead atoms. The molecule has 0 aromatic carbocycles. The fourth-order valence-corrected chi connectivity index (χ4v) is 1.06. The van der Waals surface area contributed by atoms with Crippen LogP contribution in [0.1, 0.15) is 26.2 Å². The third-order valence-electron chi connectivity index (χ3n) is 2.00. The minimum Gasteiger partial charge on any atom is -0.345 e. The Morgan fingerprint density at radius 1 is 1.42 bits per heavy atom. The van der Waals surface area contributed by atoms with Crippen molar-refractivity contribution in [3.63, 3.8) is 0 Å². The van der Waals surface area contributed by atoms with Crippen LogP contribution >= 0.6 is 0 Å². The van der Waals surface area contributed by atoms with E-state index in [0.29, 0.717) is 6.04 Å². The molecule has 7 N–H and O–H groups in total. The number of hydrogen-bond donors (Lipinski definition) is 4. The first-order valence-corrected chi connectivity index (χ1v) is 4.82. The lowest BCUT2D eigenvalue weighted by Crippen LogP contribution is -2.85. The van der Waals surface area contributed by atoms with E-state index in [1.807, 2.05) is 0 Å². The van der Waals surface area contributed by atoms with Gasteiger partial charge in [-0.3, -0.25) is 11.3 Å². The predicted octanol–water partition coefficient (Wildman–Crippen LogP) is -1.47. The molecule has 0 aliphatic rings. The smallest absolute Gasteiger partial charge is 0.0896 e. The minimum atomic E-state index is 0.394. The molecule has 12 heavy (non-hydrogen) atoms. The largest absolute Gasteiger partial charge is 0.345 e. The van der Waals surface area contributed by atoms with Crippen LogP contribution in [-0.4, -0.2) is 25.7 Å². The molecule has 0 amide bonds. The average molecular weight is 175 g/mol. The highest BCUT2D eigenvalue weighted by molar-refractivity contribution is 4.56. The summed E-state index contributed by atoms with van der Waals surface area (Å²) < 4.78 is 0. The number of rotatable bonds is 8. The van der Waals surface area contributed by atoms with E-state index in [2.05, 4.69) is 17.7 Å². The molecule has 0 aliphatic heterocycles. The number of nitrogens with one attached hydrogen (secondary N) is 1. The van der Waals surface area contributed by atoms with E-state index in [4.69, 9.17) is 11.6 Å². The topological polar surface area (TPSA) is 80.7 Å². The van der Waals surface area contributed by atoms with Crippen molar-refractivity contribution in [1.82, 2.24) is 5.43 Å². The molecule has 4 heteroatoms. The van der Waals surface area contributed by atoms with Crippen molar-refractivity contribution in [3.8, 4) is 0 Å². The van der Waals surface area contributed by atoms with Crippen LogP contribution < -0.4 is 22.3 Å². The summed E-state index contributed by atoms with van der Waals surface area (Å²) >= 11 is 0. The van der Waals surface area contributed by atoms with E-state index in [0.717, 1.165) is 32.5 Å². The Kier molecular flexibility index (Phi) is 8.81. The van der Waals surface area contributed by atoms with Gasteiger partial charge in [0.15, 0.2) is 0 Å². The van der Waals surface area contributed by atoms with Gasteiger partial charge in [-0.05, 0) is 19.3 Å². The summed E-state index contributed by atoms with van der Waals surface area (Å²) in [5.41, 5.74) is 8.39. The zero-order chi connectivity index (χ0) is 9.23. The number of hydrogen-bond acceptors (Lipinski definition) is 3. The quantitative estimate of drug-likeness (QED) is 0.207. The lowest BCUT2D eigenvalue weighted by atomic mass is 10.1. The second-order valence-electron chi connectivity index (χ2n) is 3.13. The molecule has 1 unspecified atom stereocenters. The number of hydrazine groups is 1. The Morgan fingerprint density at radius 2 is 2.17 bits per heavy atom. The zero-order valence-corrected chi connectivity index (χ0v) is 8.05. The maximum absolute atomic E-state index is 5.77. The van der Waals surface area contributed by atoms with Crippen LogP contribution in [0.5, 0.6) is 0 Å². The molecule has 74 valence electrons. The third-order valence-corrected chi connectivity index (χ3v) is 2.00. The van der Waals surface area contributed by atoms with Crippen molar-refractivity contribution in [1.29, 1.82) is 0 Å². The standard InChI is InChI=1S/C8H22N4/c1-2-8(9)4-3-5-11-6-7-12-10/h8,11-12H,2-7,9-10H2,1H3/p+1. The van der Waals surface area contributed by atoms with Crippen LogP contribution in [-0.2, 0) is 0 Å². The second-order valence-corrected chi connectivity index (χ2v) is 3.13. The van der Waals surface area contributed by atoms with Gasteiger partial charge in [-0.25, -0.2) is 0 Å². The summed E-state index contributed by atoms with van der Waals surface area (Å²) in [5, 5.41) is 2.27. The molecule has 0 fully saturated rings. The van der Waals surface area contributed by atoms with Crippen LogP contribution in [0.4, 0.5) is 0 Å². The summed E-state index contributed by atoms with van der Waals surface area (Å²) in [7, 11) is 0. The lowest BCUT2D eigenvalue weighted by Gasteiger charge is -2.06. The van der Waals surface area contributed by atoms with Gasteiger partial charge in [0.25, 0.3) is 0 Å². The monoisotopic (exact) mass is 175 g/mol. The summed E-state index contributed by atoms with van der Waals surface area (Å²) in [4.78, 5) is 0. The molecule has 0 heterocycles. The number of quaternary nitrogens is 1. The molecule has 4 nitrogen and oxygen atoms in total. The molecule has 0 spiro atoms. The van der Waals surface area contributed by atoms with E-state index in [1.165, 1.54) is 6.42 Å². The molecular formula is C8H23N4+. The molecule has 0 aliphatic carbocycles. The van der Waals surface area contributed by atoms with Gasteiger partial charge in [0.2, 0.25) is 0 Å². The fraction of sp³-hybridized carbons (Fsp3) is 1.00. The minimum absolute atomic E-state index is 0.394. The van der Waals surface area contributed by atoms with E-state index >= 15 is 0 Å². The van der Waals surface area contributed by atoms with E-state index in [-0.39, 0.29) is 0 Å². The van der Waals surface area contributed by atoms with Crippen LogP contribution in [0.3, 0.4) is 0 Å². The van der Waals surface area contributed by atoms with E-state index < -0.39 is 0 Å². The van der Waals surface area contributed by atoms with Crippen LogP contribution in [0.2, 0.25) is 0 Å². The highest BCUT2D eigenvalue weighted by Gasteiger charge is 1.98. The predicted molar refractivity (Wildman–Crippen MR) is 51.3 cm³/mol. The van der Waals surface area contributed by atoms with Gasteiger partial charge in [0.05, 0.1) is 19.6 Å². The summed E-state index contributed by atoms with van der Waals surface area (Å²) in [6, 6.07) is 0.394. The first kappa shape index (κ1) is 11.8. The molecule has 0 radical (unpaired) electrons. The lowest BCUT2D eigenvalue weighted by molar-refractivity contribution is -0.653. The normalized spacial score (nSPS) is 13.2. The van der Waals surface area contributed by atoms with Gasteiger partial charge in [-0.1, -0.05) is 6.92 Å². The molecule has 1 atom stereocenters. The average Bonchev–Trinajstić information content (AvgIpc) is 2.10. The van der Waals surface area contributed by atoms with Crippen molar-refractivity contribution in [2.24, 2.45) is 11.6 Å². The first-order chi connectivity index (χ1) is 5.81. The van der Waals surface area contributed by atoms with Crippen molar-refractivity contribution in [2.75, 3.05) is 19.6 Å². The van der Waals surface area contributed by atoms with Crippen molar-refractivity contribution in [3.05, 3.63) is 0 Å². The Balaban J connectivity index is 2.90. The number of nitrogens with two attached hydrogens (primary N) is 3. The zero-order valence-electron chi connectivity index (χ0n) is 8.05. The van der Waals surface area contributed by atoms with Gasteiger partial charge in [-0.2, -0.15) is 0 Å². The van der Waals surface area contributed by atoms with Crippen LogP contribution in [0.15, 0.2) is 0 Å². The molecular weight excluding hydrogens is 152 g/mol. The molecule has 0 aromatic heterocycles. The van der Waals surface area contributed by atoms with E-state index in [1.54, 1.807) is 0 Å². The summed E-state index contributed by atoms with van der Waals surface area (Å²) in [6.45, 7) is 5.22. The van der Waals surface area contributed by atoms with Crippen molar-refractivity contribution in [2.45, 2.75) is 32.2 Å². The fourth-order valence-electron chi connectivity index (χ4n) is 1.06. The second kappa shape index (κ2) is 8.93. The van der Waals surface area contributed by atoms with Gasteiger partial charge in [0, 0.05) is 6.04 Å². The third kappa shape index (κ3) is 7.94. The Bertz CT molecular complexity index is 87.1. The maximum atomic E-state index is 5.77. The highest BCUT2D eigenvalue weighted by atomic mass is 15.2. The Hall–Kier alpha value is -0.160.